The molecule has 0 radical (unpaired) electrons. The lowest BCUT2D eigenvalue weighted by Gasteiger charge is -2.10. The molecule has 0 aromatic heterocycles. The largest absolute Gasteiger partial charge is 0.495 e. The third-order valence-electron chi connectivity index (χ3n) is 4.32. The summed E-state index contributed by atoms with van der Waals surface area (Å²) in [5, 5.41) is 9.43. The van der Waals surface area contributed by atoms with Crippen molar-refractivity contribution in [3.63, 3.8) is 0 Å². The summed E-state index contributed by atoms with van der Waals surface area (Å²) in [5.41, 5.74) is 3.54. The zero-order valence-corrected chi connectivity index (χ0v) is 18.8. The van der Waals surface area contributed by atoms with Crippen LogP contribution in [0.1, 0.15) is 5.56 Å². The van der Waals surface area contributed by atoms with Crippen LogP contribution in [0.25, 0.3) is 0 Å². The van der Waals surface area contributed by atoms with E-state index in [4.69, 9.17) is 21.1 Å². The number of hydrazone groups is 1. The zero-order valence-electron chi connectivity index (χ0n) is 18.1. The maximum Gasteiger partial charge on any atom is 0.329 e. The Balaban J connectivity index is 1.54. The standard InChI is InChI=1S/C24H21ClN4O5/c1-33-21-12-5-3-10-19(21)28-23(31)24(32)29-26-14-16-7-2-4-11-20(16)34-15-22(30)27-18-9-6-8-17(25)13-18/h2-14H,15H2,1H3,(H,27,30)(H,28,31)(H,29,32)/b26-14-. The highest BCUT2D eigenvalue weighted by molar-refractivity contribution is 6.39. The normalized spacial score (nSPS) is 10.4. The second-order valence-electron chi connectivity index (χ2n) is 6.74. The van der Waals surface area contributed by atoms with Gasteiger partial charge in [-0.1, -0.05) is 41.9 Å². The van der Waals surface area contributed by atoms with Crippen LogP contribution in [0.15, 0.2) is 77.9 Å². The Hall–Kier alpha value is -4.37. The Morgan fingerprint density at radius 3 is 2.41 bits per heavy atom. The minimum Gasteiger partial charge on any atom is -0.495 e. The number of benzene rings is 3. The molecule has 0 fully saturated rings. The summed E-state index contributed by atoms with van der Waals surface area (Å²) in [5.74, 6) is -1.49. The van der Waals surface area contributed by atoms with Gasteiger partial charge in [0.2, 0.25) is 0 Å². The van der Waals surface area contributed by atoms with Gasteiger partial charge in [-0.25, -0.2) is 5.43 Å². The van der Waals surface area contributed by atoms with Crippen LogP contribution in [-0.4, -0.2) is 37.7 Å². The third-order valence-corrected chi connectivity index (χ3v) is 4.55. The Morgan fingerprint density at radius 2 is 1.65 bits per heavy atom. The molecule has 3 aromatic carbocycles. The molecule has 34 heavy (non-hydrogen) atoms. The van der Waals surface area contributed by atoms with E-state index in [0.29, 0.717) is 33.5 Å². The topological polar surface area (TPSA) is 118 Å². The van der Waals surface area contributed by atoms with Crippen molar-refractivity contribution < 1.29 is 23.9 Å². The van der Waals surface area contributed by atoms with Gasteiger partial charge in [0.05, 0.1) is 19.0 Å². The number of hydrogen-bond acceptors (Lipinski definition) is 6. The molecule has 0 aliphatic carbocycles. The van der Waals surface area contributed by atoms with Gasteiger partial charge in [0, 0.05) is 16.3 Å². The quantitative estimate of drug-likeness (QED) is 0.259. The van der Waals surface area contributed by atoms with E-state index < -0.39 is 11.8 Å². The van der Waals surface area contributed by atoms with Gasteiger partial charge >= 0.3 is 11.8 Å². The van der Waals surface area contributed by atoms with Gasteiger partial charge in [0.25, 0.3) is 5.91 Å². The average Bonchev–Trinajstić information content (AvgIpc) is 2.83. The van der Waals surface area contributed by atoms with Gasteiger partial charge in [-0.05, 0) is 42.5 Å². The average molecular weight is 481 g/mol. The van der Waals surface area contributed by atoms with Crippen LogP contribution in [0.4, 0.5) is 11.4 Å². The number of rotatable bonds is 8. The van der Waals surface area contributed by atoms with E-state index >= 15 is 0 Å². The lowest BCUT2D eigenvalue weighted by atomic mass is 10.2. The summed E-state index contributed by atoms with van der Waals surface area (Å²) in [6.07, 6.45) is 1.30. The highest BCUT2D eigenvalue weighted by Gasteiger charge is 2.15. The van der Waals surface area contributed by atoms with Gasteiger partial charge in [0.15, 0.2) is 6.61 Å². The number of carbonyl (C=O) groups is 3. The van der Waals surface area contributed by atoms with Crippen molar-refractivity contribution in [2.45, 2.75) is 0 Å². The monoisotopic (exact) mass is 480 g/mol. The molecule has 0 spiro atoms. The number of ether oxygens (including phenoxy) is 2. The van der Waals surface area contributed by atoms with E-state index in [1.807, 2.05) is 0 Å². The molecule has 3 aromatic rings. The number of amides is 3. The number of carbonyl (C=O) groups excluding carboxylic acids is 3. The molecular weight excluding hydrogens is 460 g/mol. The number of nitrogens with zero attached hydrogens (tertiary/aromatic N) is 1. The summed E-state index contributed by atoms with van der Waals surface area (Å²) < 4.78 is 10.7. The highest BCUT2D eigenvalue weighted by Crippen LogP contribution is 2.22. The lowest BCUT2D eigenvalue weighted by Crippen LogP contribution is -2.32. The van der Waals surface area contributed by atoms with E-state index in [9.17, 15) is 14.4 Å². The van der Waals surface area contributed by atoms with Crippen LogP contribution in [-0.2, 0) is 14.4 Å². The van der Waals surface area contributed by atoms with Crippen LogP contribution in [0.3, 0.4) is 0 Å². The molecule has 3 N–H and O–H groups in total. The molecule has 0 aliphatic heterocycles. The Kier molecular flexibility index (Phi) is 8.59. The molecule has 0 saturated heterocycles. The number of anilines is 2. The molecule has 3 amide bonds. The van der Waals surface area contributed by atoms with E-state index in [1.54, 1.807) is 72.8 Å². The van der Waals surface area contributed by atoms with Crippen LogP contribution in [0, 0.1) is 0 Å². The first kappa shape index (κ1) is 24.3. The number of nitrogens with one attached hydrogen (secondary N) is 3. The summed E-state index contributed by atoms with van der Waals surface area (Å²) in [6, 6.07) is 20.2. The maximum atomic E-state index is 12.2. The Labute approximate surface area is 200 Å². The van der Waals surface area contributed by atoms with Crippen molar-refractivity contribution in [3.8, 4) is 11.5 Å². The molecule has 0 atom stereocenters. The maximum absolute atomic E-state index is 12.2. The van der Waals surface area contributed by atoms with Crippen molar-refractivity contribution in [2.75, 3.05) is 24.4 Å². The SMILES string of the molecule is COc1ccccc1NC(=O)C(=O)N/N=C\c1ccccc1OCC(=O)Nc1cccc(Cl)c1. The second-order valence-corrected chi connectivity index (χ2v) is 7.17. The fourth-order valence-electron chi connectivity index (χ4n) is 2.76. The number of para-hydroxylation sites is 3. The molecule has 0 aliphatic rings. The third kappa shape index (κ3) is 7.07. The van der Waals surface area contributed by atoms with Crippen molar-refractivity contribution in [1.82, 2.24) is 5.43 Å². The van der Waals surface area contributed by atoms with Crippen LogP contribution < -0.4 is 25.5 Å². The smallest absolute Gasteiger partial charge is 0.329 e. The number of methoxy groups -OCH3 is 1. The first-order valence-electron chi connectivity index (χ1n) is 10.0. The zero-order chi connectivity index (χ0) is 24.3. The Bertz CT molecular complexity index is 1220. The molecule has 0 saturated carbocycles. The van der Waals surface area contributed by atoms with Gasteiger partial charge in [0.1, 0.15) is 11.5 Å². The highest BCUT2D eigenvalue weighted by atomic mass is 35.5. The molecule has 0 bridgehead atoms. The van der Waals surface area contributed by atoms with E-state index in [0.717, 1.165) is 0 Å². The molecule has 9 nitrogen and oxygen atoms in total. The van der Waals surface area contributed by atoms with Gasteiger partial charge in [-0.15, -0.1) is 0 Å². The first-order valence-corrected chi connectivity index (χ1v) is 10.4. The van der Waals surface area contributed by atoms with Crippen molar-refractivity contribution in [3.05, 3.63) is 83.4 Å². The van der Waals surface area contributed by atoms with Gasteiger partial charge < -0.3 is 20.1 Å². The molecule has 3 rings (SSSR count). The summed E-state index contributed by atoms with van der Waals surface area (Å²) in [4.78, 5) is 36.3. The lowest BCUT2D eigenvalue weighted by molar-refractivity contribution is -0.136. The fourth-order valence-corrected chi connectivity index (χ4v) is 2.95. The van der Waals surface area contributed by atoms with Crippen molar-refractivity contribution in [2.24, 2.45) is 5.10 Å². The van der Waals surface area contributed by atoms with Crippen molar-refractivity contribution >= 4 is 46.9 Å². The predicted molar refractivity (Wildman–Crippen MR) is 129 cm³/mol. The number of halogens is 1. The van der Waals surface area contributed by atoms with E-state index in [1.165, 1.54) is 13.3 Å². The van der Waals surface area contributed by atoms with Crippen LogP contribution >= 0.6 is 11.6 Å². The minimum absolute atomic E-state index is 0.259. The molecule has 0 heterocycles. The first-order chi connectivity index (χ1) is 16.5. The van der Waals surface area contributed by atoms with Crippen LogP contribution in [0.5, 0.6) is 11.5 Å². The summed E-state index contributed by atoms with van der Waals surface area (Å²) in [6.45, 7) is -0.259. The Morgan fingerprint density at radius 1 is 0.912 bits per heavy atom. The molecule has 0 unspecified atom stereocenters. The molecule has 174 valence electrons. The van der Waals surface area contributed by atoms with E-state index in [2.05, 4.69) is 21.2 Å². The van der Waals surface area contributed by atoms with Crippen molar-refractivity contribution in [1.29, 1.82) is 0 Å². The van der Waals surface area contributed by atoms with E-state index in [-0.39, 0.29) is 12.5 Å². The molecular formula is C24H21ClN4O5. The van der Waals surface area contributed by atoms with Crippen LogP contribution in [0.2, 0.25) is 5.02 Å². The second kappa shape index (κ2) is 12.0. The predicted octanol–water partition coefficient (Wildman–Crippen LogP) is 3.45. The fraction of sp³-hybridized carbons (Fsp3) is 0.0833. The van der Waals surface area contributed by atoms with Gasteiger partial charge in [-0.3, -0.25) is 14.4 Å². The molecule has 10 heteroatoms. The number of hydrogen-bond donors (Lipinski definition) is 3. The minimum atomic E-state index is -0.971. The summed E-state index contributed by atoms with van der Waals surface area (Å²) >= 11 is 5.91. The van der Waals surface area contributed by atoms with Gasteiger partial charge in [-0.2, -0.15) is 5.10 Å². The summed E-state index contributed by atoms with van der Waals surface area (Å²) in [7, 11) is 1.45.